The van der Waals surface area contributed by atoms with Crippen molar-refractivity contribution >= 4 is 0 Å². The molecule has 11 N–H and O–H groups in total. The lowest BCUT2D eigenvalue weighted by atomic mass is 9.97. The van der Waals surface area contributed by atoms with E-state index in [1.54, 1.807) is 0 Å². The quantitative estimate of drug-likeness (QED) is 0.162. The minimum Gasteiger partial charge on any atom is -0.394 e. The van der Waals surface area contributed by atoms with Crippen LogP contribution in [0, 0.1) is 0 Å². The second-order valence-electron chi connectivity index (χ2n) is 8.28. The van der Waals surface area contributed by atoms with Gasteiger partial charge in [0.1, 0.15) is 48.8 Å². The van der Waals surface area contributed by atoms with E-state index in [1.165, 1.54) is 7.11 Å². The molecule has 14 atom stereocenters. The molecule has 0 saturated carbocycles. The molecule has 194 valence electrons. The Labute approximate surface area is 189 Å². The largest absolute Gasteiger partial charge is 0.394 e. The maximum Gasteiger partial charge on any atom is 0.187 e. The van der Waals surface area contributed by atoms with Gasteiger partial charge in [0.25, 0.3) is 0 Å². The number of ether oxygens (including phenoxy) is 6. The van der Waals surface area contributed by atoms with Crippen LogP contribution in [-0.4, -0.2) is 149 Å². The Balaban J connectivity index is 1.70. The van der Waals surface area contributed by atoms with Gasteiger partial charge >= 0.3 is 0 Å². The van der Waals surface area contributed by atoms with Gasteiger partial charge in [-0.25, -0.2) is 0 Å². The summed E-state index contributed by atoms with van der Waals surface area (Å²) in [5.41, 5.74) is 12.3. The smallest absolute Gasteiger partial charge is 0.187 e. The van der Waals surface area contributed by atoms with Crippen LogP contribution in [0.4, 0.5) is 0 Å². The lowest BCUT2D eigenvalue weighted by molar-refractivity contribution is -0.350. The number of hydrogen-bond donors (Lipinski definition) is 9. The molecule has 33 heavy (non-hydrogen) atoms. The Kier molecular flexibility index (Phi) is 9.35. The Morgan fingerprint density at radius 3 is 1.85 bits per heavy atom. The fraction of sp³-hybridized carbons (Fsp3) is 1.00. The molecular weight excluding hydrogens is 452 g/mol. The fourth-order valence-corrected chi connectivity index (χ4v) is 4.05. The molecule has 15 nitrogen and oxygen atoms in total. The van der Waals surface area contributed by atoms with Gasteiger partial charge in [0.2, 0.25) is 0 Å². The number of aliphatic hydroxyl groups excluding tert-OH is 7. The molecule has 0 amide bonds. The van der Waals surface area contributed by atoms with E-state index in [0.717, 1.165) is 0 Å². The Morgan fingerprint density at radius 2 is 1.27 bits per heavy atom. The molecule has 0 spiro atoms. The third-order valence-corrected chi connectivity index (χ3v) is 6.06. The highest BCUT2D eigenvalue weighted by Crippen LogP contribution is 2.29. The van der Waals surface area contributed by atoms with Crippen LogP contribution in [0.5, 0.6) is 0 Å². The summed E-state index contributed by atoms with van der Waals surface area (Å²) in [6.07, 6.45) is -16.4. The number of aliphatic hydroxyl groups is 7. The summed E-state index contributed by atoms with van der Waals surface area (Å²) in [7, 11) is 1.28. The SMILES string of the molecule is CO[C@H]1O[C@H](CO)[C@@H](O)[C@H](O)[C@@H]1O[C@@H]1OC[C@@H](N)[C@H](O[C@@H]2O[C@H](CO)[C@H](O)[C@H](O)[C@H]2O)[C@H]1N. The van der Waals surface area contributed by atoms with Crippen LogP contribution in [0.15, 0.2) is 0 Å². The van der Waals surface area contributed by atoms with Gasteiger partial charge in [-0.05, 0) is 0 Å². The van der Waals surface area contributed by atoms with E-state index >= 15 is 0 Å². The molecule has 0 aliphatic carbocycles. The minimum atomic E-state index is -1.67. The number of hydrogen-bond acceptors (Lipinski definition) is 15. The molecule has 3 rings (SSSR count). The summed E-state index contributed by atoms with van der Waals surface area (Å²) in [6.45, 7) is -1.32. The van der Waals surface area contributed by atoms with Crippen molar-refractivity contribution < 1.29 is 64.2 Å². The van der Waals surface area contributed by atoms with Crippen molar-refractivity contribution in [3.05, 3.63) is 0 Å². The number of nitrogens with two attached hydrogens (primary N) is 2. The second kappa shape index (κ2) is 11.4. The Hall–Kier alpha value is -0.600. The number of rotatable bonds is 7. The molecule has 0 unspecified atom stereocenters. The van der Waals surface area contributed by atoms with Crippen LogP contribution >= 0.6 is 0 Å². The first-order valence-corrected chi connectivity index (χ1v) is 10.5. The van der Waals surface area contributed by atoms with Gasteiger partial charge in [-0.2, -0.15) is 0 Å². The van der Waals surface area contributed by atoms with E-state index in [0.29, 0.717) is 0 Å². The Morgan fingerprint density at radius 1 is 0.727 bits per heavy atom. The fourth-order valence-electron chi connectivity index (χ4n) is 4.05. The maximum atomic E-state index is 10.5. The first-order valence-electron chi connectivity index (χ1n) is 10.5. The zero-order valence-electron chi connectivity index (χ0n) is 17.9. The van der Waals surface area contributed by atoms with Crippen LogP contribution < -0.4 is 11.5 Å². The molecule has 0 aromatic rings. The third kappa shape index (κ3) is 5.48. The zero-order chi connectivity index (χ0) is 24.4. The average Bonchev–Trinajstić information content (AvgIpc) is 2.81. The highest BCUT2D eigenvalue weighted by Gasteiger charge is 2.51. The van der Waals surface area contributed by atoms with Crippen molar-refractivity contribution in [1.29, 1.82) is 0 Å². The summed E-state index contributed by atoms with van der Waals surface area (Å²) in [5.74, 6) is 0. The molecule has 0 radical (unpaired) electrons. The molecule has 3 heterocycles. The summed E-state index contributed by atoms with van der Waals surface area (Å²) in [4.78, 5) is 0. The lowest BCUT2D eigenvalue weighted by Gasteiger charge is -2.47. The summed E-state index contributed by atoms with van der Waals surface area (Å²) < 4.78 is 32.9. The number of methoxy groups -OCH3 is 1. The zero-order valence-corrected chi connectivity index (χ0v) is 17.9. The van der Waals surface area contributed by atoms with Crippen molar-refractivity contribution in [2.75, 3.05) is 26.9 Å². The maximum absolute atomic E-state index is 10.5. The third-order valence-electron chi connectivity index (χ3n) is 6.06. The van der Waals surface area contributed by atoms with Crippen LogP contribution in [0.25, 0.3) is 0 Å². The molecular formula is C18H34N2O13. The molecule has 0 aromatic carbocycles. The van der Waals surface area contributed by atoms with Crippen molar-refractivity contribution in [3.8, 4) is 0 Å². The highest BCUT2D eigenvalue weighted by atomic mass is 16.7. The predicted octanol–water partition coefficient (Wildman–Crippen LogP) is -6.35. The van der Waals surface area contributed by atoms with Crippen LogP contribution in [0.3, 0.4) is 0 Å². The van der Waals surface area contributed by atoms with Gasteiger partial charge in [-0.1, -0.05) is 0 Å². The molecule has 0 aromatic heterocycles. The van der Waals surface area contributed by atoms with Crippen molar-refractivity contribution in [1.82, 2.24) is 0 Å². The molecule has 0 bridgehead atoms. The molecule has 15 heteroatoms. The van der Waals surface area contributed by atoms with Crippen molar-refractivity contribution in [2.24, 2.45) is 11.5 Å². The van der Waals surface area contributed by atoms with E-state index < -0.39 is 99.1 Å². The van der Waals surface area contributed by atoms with E-state index in [2.05, 4.69) is 0 Å². The van der Waals surface area contributed by atoms with Gasteiger partial charge in [0.15, 0.2) is 18.9 Å². The van der Waals surface area contributed by atoms with Gasteiger partial charge in [-0.15, -0.1) is 0 Å². The molecule has 3 aliphatic heterocycles. The van der Waals surface area contributed by atoms with E-state index in [-0.39, 0.29) is 6.61 Å². The lowest BCUT2D eigenvalue weighted by Crippen LogP contribution is -2.67. The van der Waals surface area contributed by atoms with Gasteiger partial charge in [0, 0.05) is 7.11 Å². The highest BCUT2D eigenvalue weighted by molar-refractivity contribution is 4.96. The molecule has 3 saturated heterocycles. The van der Waals surface area contributed by atoms with E-state index in [1.807, 2.05) is 0 Å². The molecule has 3 aliphatic rings. The second-order valence-corrected chi connectivity index (χ2v) is 8.28. The summed E-state index contributed by atoms with van der Waals surface area (Å²) in [5, 5.41) is 69.4. The van der Waals surface area contributed by atoms with Gasteiger partial charge in [-0.3, -0.25) is 0 Å². The summed E-state index contributed by atoms with van der Waals surface area (Å²) >= 11 is 0. The molecule has 3 fully saturated rings. The topological polar surface area (TPSA) is 249 Å². The normalized spacial score (nSPS) is 51.5. The van der Waals surface area contributed by atoms with Crippen LogP contribution in [0.1, 0.15) is 0 Å². The van der Waals surface area contributed by atoms with Gasteiger partial charge < -0.3 is 75.6 Å². The predicted molar refractivity (Wildman–Crippen MR) is 104 cm³/mol. The van der Waals surface area contributed by atoms with Crippen molar-refractivity contribution in [2.45, 2.75) is 85.9 Å². The van der Waals surface area contributed by atoms with Crippen LogP contribution in [0.2, 0.25) is 0 Å². The van der Waals surface area contributed by atoms with Gasteiger partial charge in [0.05, 0.1) is 38.0 Å². The van der Waals surface area contributed by atoms with Crippen LogP contribution in [-0.2, 0) is 28.4 Å². The summed E-state index contributed by atoms with van der Waals surface area (Å²) in [6, 6.07) is -1.93. The van der Waals surface area contributed by atoms with Crippen molar-refractivity contribution in [3.63, 3.8) is 0 Å². The first-order chi connectivity index (χ1) is 15.6. The monoisotopic (exact) mass is 486 g/mol. The average molecular weight is 486 g/mol. The Bertz CT molecular complexity index is 616. The van der Waals surface area contributed by atoms with E-state index in [9.17, 15) is 35.7 Å². The van der Waals surface area contributed by atoms with E-state index in [4.69, 9.17) is 39.9 Å². The first kappa shape index (κ1) is 27.0. The standard InChI is InChI=1S/C18H34N2O13/c1-28-18-15(12(26)10(24)7(3-22)31-18)33-16-8(20)14(5(19)4-29-16)32-17-13(27)11(25)9(23)6(2-21)30-17/h5-18,21-27H,2-4,19-20H2,1H3/t5-,6-,7-,8-,9+,10-,11+,12+,13-,14+,15+,16+,17+,18+/m1/s1. The minimum absolute atomic E-state index is 0.121.